The van der Waals surface area contributed by atoms with Crippen LogP contribution in [0.1, 0.15) is 116 Å². The molecule has 0 bridgehead atoms. The first kappa shape index (κ1) is 25.1. The average Bonchev–Trinajstić information content (AvgIpc) is 3.05. The van der Waals surface area contributed by atoms with Crippen molar-refractivity contribution in [3.8, 4) is 11.5 Å². The Morgan fingerprint density at radius 1 is 1.15 bits per heavy atom. The van der Waals surface area contributed by atoms with E-state index in [2.05, 4.69) is 51.7 Å². The van der Waals surface area contributed by atoms with Crippen LogP contribution < -0.4 is 4.74 Å². The lowest BCUT2D eigenvalue weighted by Gasteiger charge is -2.47. The number of ether oxygens (including phenoxy) is 1. The first-order valence-electron chi connectivity index (χ1n) is 13.6. The number of carbonyl (C=O) groups is 1. The molecule has 0 aromatic heterocycles. The number of rotatable bonds is 6. The van der Waals surface area contributed by atoms with Gasteiger partial charge in [-0.2, -0.15) is 0 Å². The van der Waals surface area contributed by atoms with Crippen LogP contribution in [0.5, 0.6) is 11.5 Å². The highest BCUT2D eigenvalue weighted by atomic mass is 16.5. The van der Waals surface area contributed by atoms with Gasteiger partial charge in [0.1, 0.15) is 17.1 Å². The quantitative estimate of drug-likeness (QED) is 0.354. The van der Waals surface area contributed by atoms with Crippen molar-refractivity contribution in [1.29, 1.82) is 0 Å². The molecule has 4 rings (SSSR count). The van der Waals surface area contributed by atoms with E-state index in [4.69, 9.17) is 4.74 Å². The molecule has 1 fully saturated rings. The largest absolute Gasteiger partial charge is 0.508 e. The van der Waals surface area contributed by atoms with E-state index >= 15 is 0 Å². The predicted octanol–water partition coefficient (Wildman–Crippen LogP) is 7.24. The Morgan fingerprint density at radius 2 is 1.85 bits per heavy atom. The topological polar surface area (TPSA) is 49.8 Å². The summed E-state index contributed by atoms with van der Waals surface area (Å²) < 4.78 is 6.54. The molecule has 1 amide bonds. The summed E-state index contributed by atoms with van der Waals surface area (Å²) in [4.78, 5) is 14.7. The van der Waals surface area contributed by atoms with Gasteiger partial charge in [-0.05, 0) is 82.4 Å². The van der Waals surface area contributed by atoms with Gasteiger partial charge in [0.15, 0.2) is 0 Å². The van der Waals surface area contributed by atoms with Gasteiger partial charge in [-0.1, -0.05) is 44.8 Å². The van der Waals surface area contributed by atoms with Gasteiger partial charge in [0.05, 0.1) is 0 Å². The number of fused-ring (bicyclic) bond motifs is 3. The molecule has 4 nitrogen and oxygen atoms in total. The van der Waals surface area contributed by atoms with Gasteiger partial charge in [-0.3, -0.25) is 4.79 Å². The molecule has 34 heavy (non-hydrogen) atoms. The molecule has 1 aliphatic carbocycles. The van der Waals surface area contributed by atoms with Crippen LogP contribution in [0.3, 0.4) is 0 Å². The van der Waals surface area contributed by atoms with Gasteiger partial charge in [-0.25, -0.2) is 0 Å². The Bertz CT molecular complexity index is 921. The van der Waals surface area contributed by atoms with Gasteiger partial charge >= 0.3 is 0 Å². The number of aromatic hydroxyl groups is 1. The molecule has 2 heterocycles. The molecule has 0 radical (unpaired) electrons. The van der Waals surface area contributed by atoms with E-state index in [9.17, 15) is 9.90 Å². The zero-order valence-electron chi connectivity index (χ0n) is 22.1. The van der Waals surface area contributed by atoms with Crippen molar-refractivity contribution in [3.05, 3.63) is 34.9 Å². The fraction of sp³-hybridized carbons (Fsp3) is 0.700. The Balaban J connectivity index is 1.42. The summed E-state index contributed by atoms with van der Waals surface area (Å²) in [6, 6.07) is 4.16. The van der Waals surface area contributed by atoms with Crippen molar-refractivity contribution < 1.29 is 14.6 Å². The summed E-state index contributed by atoms with van der Waals surface area (Å²) in [5, 5.41) is 11.2. The molecule has 3 aliphatic rings. The van der Waals surface area contributed by atoms with Crippen molar-refractivity contribution in [2.75, 3.05) is 13.1 Å². The number of benzene rings is 1. The lowest BCUT2D eigenvalue weighted by Crippen LogP contribution is -2.45. The molecule has 2 atom stereocenters. The highest BCUT2D eigenvalue weighted by molar-refractivity contribution is 5.76. The smallest absolute Gasteiger partial charge is 0.222 e. The summed E-state index contributed by atoms with van der Waals surface area (Å²) in [7, 11) is 0. The first-order valence-corrected chi connectivity index (χ1v) is 13.6. The molecule has 2 aliphatic heterocycles. The van der Waals surface area contributed by atoms with Gasteiger partial charge in [0.25, 0.3) is 0 Å². The Kier molecular flexibility index (Phi) is 7.36. The second-order valence-electron chi connectivity index (χ2n) is 12.2. The fourth-order valence-electron chi connectivity index (χ4n) is 6.42. The van der Waals surface area contributed by atoms with E-state index in [1.807, 2.05) is 6.07 Å². The third kappa shape index (κ3) is 5.31. The van der Waals surface area contributed by atoms with Crippen LogP contribution in [-0.4, -0.2) is 34.6 Å². The fourth-order valence-corrected chi connectivity index (χ4v) is 6.42. The number of nitrogens with zero attached hydrogens (tertiary/aromatic N) is 1. The van der Waals surface area contributed by atoms with Crippen molar-refractivity contribution >= 4 is 5.91 Å². The minimum atomic E-state index is -0.252. The summed E-state index contributed by atoms with van der Waals surface area (Å²) in [6.07, 6.45) is 12.7. The molecular weight excluding hydrogens is 422 g/mol. The predicted molar refractivity (Wildman–Crippen MR) is 139 cm³/mol. The van der Waals surface area contributed by atoms with Crippen molar-refractivity contribution in [1.82, 2.24) is 4.90 Å². The summed E-state index contributed by atoms with van der Waals surface area (Å²) in [5.41, 5.74) is 3.19. The highest BCUT2D eigenvalue weighted by Gasteiger charge is 2.46. The summed E-state index contributed by atoms with van der Waals surface area (Å²) >= 11 is 0. The standard InChI is InChI=1S/C30H45NO3/c1-21-13-14-24-23(18-21)28-25(32)19-22(20-26(28)34-30(24,4)5)29(2,3)15-9-8-12-27(33)31-16-10-6-7-11-17-31/h13,19-20,23-24,32H,6-12,14-18H2,1-5H3/t23-,24-/m1/s1. The van der Waals surface area contributed by atoms with E-state index in [1.165, 1.54) is 18.4 Å². The number of amides is 1. The molecule has 0 saturated carbocycles. The maximum Gasteiger partial charge on any atom is 0.222 e. The lowest BCUT2D eigenvalue weighted by molar-refractivity contribution is -0.131. The molecule has 1 N–H and O–H groups in total. The van der Waals surface area contributed by atoms with Crippen LogP contribution in [-0.2, 0) is 10.2 Å². The monoisotopic (exact) mass is 467 g/mol. The minimum absolute atomic E-state index is 0.0924. The Hall–Kier alpha value is -1.97. The number of allylic oxidation sites excluding steroid dienone is 2. The molecule has 1 aromatic rings. The number of likely N-dealkylation sites (tertiary alicyclic amines) is 1. The van der Waals surface area contributed by atoms with E-state index < -0.39 is 0 Å². The van der Waals surface area contributed by atoms with Crippen molar-refractivity contribution in [2.45, 2.75) is 116 Å². The van der Waals surface area contributed by atoms with Crippen LogP contribution in [0.15, 0.2) is 23.8 Å². The van der Waals surface area contributed by atoms with Gasteiger partial charge in [0, 0.05) is 36.9 Å². The molecule has 188 valence electrons. The SMILES string of the molecule is CC1=CC[C@@H]2[C@@H](C1)c1c(O)cc(C(C)(C)CCCCC(=O)N3CCCCCC3)cc1OC2(C)C. The number of hydrogen-bond acceptors (Lipinski definition) is 3. The van der Waals surface area contributed by atoms with Crippen LogP contribution in [0, 0.1) is 5.92 Å². The third-order valence-corrected chi connectivity index (χ3v) is 8.69. The zero-order chi connectivity index (χ0) is 24.5. The third-order valence-electron chi connectivity index (χ3n) is 8.69. The minimum Gasteiger partial charge on any atom is -0.508 e. The number of phenols is 1. The number of carbonyl (C=O) groups excluding carboxylic acids is 1. The molecular formula is C30H45NO3. The van der Waals surface area contributed by atoms with Crippen LogP contribution in [0.25, 0.3) is 0 Å². The molecule has 1 saturated heterocycles. The van der Waals surface area contributed by atoms with E-state index in [-0.39, 0.29) is 11.0 Å². The van der Waals surface area contributed by atoms with Crippen LogP contribution in [0.4, 0.5) is 0 Å². The maximum atomic E-state index is 12.6. The molecule has 1 aromatic carbocycles. The van der Waals surface area contributed by atoms with E-state index in [1.54, 1.807) is 0 Å². The van der Waals surface area contributed by atoms with E-state index in [0.29, 0.717) is 29.9 Å². The summed E-state index contributed by atoms with van der Waals surface area (Å²) in [6.45, 7) is 12.9. The van der Waals surface area contributed by atoms with Gasteiger partial charge < -0.3 is 14.7 Å². The second-order valence-corrected chi connectivity index (χ2v) is 12.2. The van der Waals surface area contributed by atoms with Gasteiger partial charge in [-0.15, -0.1) is 0 Å². The van der Waals surface area contributed by atoms with Crippen molar-refractivity contribution in [2.24, 2.45) is 5.92 Å². The van der Waals surface area contributed by atoms with Gasteiger partial charge in [0.2, 0.25) is 5.91 Å². The lowest BCUT2D eigenvalue weighted by atomic mass is 9.66. The van der Waals surface area contributed by atoms with Crippen molar-refractivity contribution in [3.63, 3.8) is 0 Å². The average molecular weight is 468 g/mol. The van der Waals surface area contributed by atoms with Crippen LogP contribution >= 0.6 is 0 Å². The molecule has 0 unspecified atom stereocenters. The zero-order valence-corrected chi connectivity index (χ0v) is 22.1. The number of unbranched alkanes of at least 4 members (excludes halogenated alkanes) is 1. The van der Waals surface area contributed by atoms with Crippen LogP contribution in [0.2, 0.25) is 0 Å². The first-order chi connectivity index (χ1) is 16.1. The normalized spacial score (nSPS) is 24.4. The highest BCUT2D eigenvalue weighted by Crippen LogP contribution is 2.54. The molecule has 0 spiro atoms. The summed E-state index contributed by atoms with van der Waals surface area (Å²) in [5.74, 6) is 2.27. The Morgan fingerprint density at radius 3 is 2.56 bits per heavy atom. The Labute approximate surface area is 206 Å². The number of phenolic OH excluding ortho intramolecular Hbond substituents is 1. The second kappa shape index (κ2) is 9.95. The maximum absolute atomic E-state index is 12.6. The molecule has 4 heteroatoms. The van der Waals surface area contributed by atoms with E-state index in [0.717, 1.165) is 74.9 Å². The number of hydrogen-bond donors (Lipinski definition) is 1.